The first-order chi connectivity index (χ1) is 16.8. The molecule has 1 amide bonds. The minimum Gasteiger partial charge on any atom is -0.345 e. The van der Waals surface area contributed by atoms with Crippen molar-refractivity contribution in [2.75, 3.05) is 10.6 Å². The predicted octanol–water partition coefficient (Wildman–Crippen LogP) is 6.07. The molecule has 0 radical (unpaired) electrons. The van der Waals surface area contributed by atoms with Crippen molar-refractivity contribution in [3.8, 4) is 0 Å². The number of nitrogens with one attached hydrogen (secondary N) is 1. The fraction of sp³-hybridized carbons (Fsp3) is 0.321. The monoisotopic (exact) mass is 510 g/mol. The molecule has 5 nitrogen and oxygen atoms in total. The SMILES string of the molecule is CCC(NC(=O)c1ccc(N(Cc2ccccc2Cl)S(C)(=O)=O)cc1)c1ccc2c(c1)CCCC2. The Morgan fingerprint density at radius 3 is 2.34 bits per heavy atom. The van der Waals surface area contributed by atoms with Crippen LogP contribution in [0, 0.1) is 0 Å². The molecule has 184 valence electrons. The number of fused-ring (bicyclic) bond motifs is 1. The average Bonchev–Trinajstić information content (AvgIpc) is 2.86. The predicted molar refractivity (Wildman–Crippen MR) is 143 cm³/mol. The molecule has 1 unspecified atom stereocenters. The Balaban J connectivity index is 1.50. The summed E-state index contributed by atoms with van der Waals surface area (Å²) in [5, 5.41) is 3.65. The van der Waals surface area contributed by atoms with Gasteiger partial charge in [0.2, 0.25) is 10.0 Å². The van der Waals surface area contributed by atoms with Crippen LogP contribution in [-0.4, -0.2) is 20.6 Å². The van der Waals surface area contributed by atoms with E-state index >= 15 is 0 Å². The molecule has 35 heavy (non-hydrogen) atoms. The van der Waals surface area contributed by atoms with E-state index < -0.39 is 10.0 Å². The summed E-state index contributed by atoms with van der Waals surface area (Å²) in [5.74, 6) is -0.182. The van der Waals surface area contributed by atoms with E-state index in [4.69, 9.17) is 11.6 Å². The normalized spacial score (nSPS) is 14.1. The maximum atomic E-state index is 13.0. The van der Waals surface area contributed by atoms with Gasteiger partial charge in [-0.2, -0.15) is 0 Å². The summed E-state index contributed by atoms with van der Waals surface area (Å²) in [4.78, 5) is 13.0. The average molecular weight is 511 g/mol. The van der Waals surface area contributed by atoms with Crippen molar-refractivity contribution in [2.24, 2.45) is 0 Å². The molecule has 4 rings (SSSR count). The van der Waals surface area contributed by atoms with Crippen LogP contribution < -0.4 is 9.62 Å². The Morgan fingerprint density at radius 2 is 1.69 bits per heavy atom. The summed E-state index contributed by atoms with van der Waals surface area (Å²) in [7, 11) is -3.56. The Bertz CT molecular complexity index is 1310. The standard InChI is InChI=1S/C28H31ClN2O3S/c1-3-27(23-13-12-20-8-4-5-9-22(20)18-23)30-28(32)21-14-16-25(17-15-21)31(35(2,33)34)19-24-10-6-7-11-26(24)29/h6-7,10-18,27H,3-5,8-9,19H2,1-2H3,(H,30,32). The minimum absolute atomic E-state index is 0.0813. The van der Waals surface area contributed by atoms with E-state index in [1.54, 1.807) is 42.5 Å². The van der Waals surface area contributed by atoms with E-state index in [0.29, 0.717) is 21.8 Å². The van der Waals surface area contributed by atoms with Gasteiger partial charge in [-0.15, -0.1) is 0 Å². The lowest BCUT2D eigenvalue weighted by Gasteiger charge is -2.24. The number of nitrogens with zero attached hydrogens (tertiary/aromatic N) is 1. The van der Waals surface area contributed by atoms with Gasteiger partial charge in [-0.05, 0) is 84.7 Å². The summed E-state index contributed by atoms with van der Waals surface area (Å²) in [6.45, 7) is 2.17. The number of halogens is 1. The van der Waals surface area contributed by atoms with Crippen molar-refractivity contribution in [3.05, 3.63) is 99.6 Å². The highest BCUT2D eigenvalue weighted by Crippen LogP contribution is 2.27. The summed E-state index contributed by atoms with van der Waals surface area (Å²) >= 11 is 6.25. The molecule has 0 heterocycles. The lowest BCUT2D eigenvalue weighted by atomic mass is 9.88. The van der Waals surface area contributed by atoms with Crippen molar-refractivity contribution >= 4 is 33.2 Å². The van der Waals surface area contributed by atoms with Crippen molar-refractivity contribution in [1.29, 1.82) is 0 Å². The summed E-state index contributed by atoms with van der Waals surface area (Å²) in [5.41, 5.74) is 5.61. The molecule has 0 fully saturated rings. The lowest BCUT2D eigenvalue weighted by Crippen LogP contribution is -2.30. The van der Waals surface area contributed by atoms with Gasteiger partial charge in [0.25, 0.3) is 5.91 Å². The second-order valence-corrected chi connectivity index (χ2v) is 11.4. The Hall–Kier alpha value is -2.83. The van der Waals surface area contributed by atoms with E-state index in [1.165, 1.54) is 28.3 Å². The third-order valence-electron chi connectivity index (χ3n) is 6.58. The molecule has 0 aromatic heterocycles. The van der Waals surface area contributed by atoms with Crippen LogP contribution in [0.5, 0.6) is 0 Å². The minimum atomic E-state index is -3.56. The van der Waals surface area contributed by atoms with Crippen molar-refractivity contribution < 1.29 is 13.2 Å². The zero-order valence-electron chi connectivity index (χ0n) is 20.1. The lowest BCUT2D eigenvalue weighted by molar-refractivity contribution is 0.0935. The van der Waals surface area contributed by atoms with E-state index in [1.807, 2.05) is 6.07 Å². The topological polar surface area (TPSA) is 66.5 Å². The van der Waals surface area contributed by atoms with Gasteiger partial charge in [0.15, 0.2) is 0 Å². The number of hydrogen-bond donors (Lipinski definition) is 1. The van der Waals surface area contributed by atoms with E-state index in [9.17, 15) is 13.2 Å². The number of rotatable bonds is 8. The first-order valence-electron chi connectivity index (χ1n) is 12.0. The Labute approximate surface area is 213 Å². The van der Waals surface area contributed by atoms with Gasteiger partial charge in [-0.1, -0.05) is 54.9 Å². The summed E-state index contributed by atoms with van der Waals surface area (Å²) in [6.07, 6.45) is 6.63. The van der Waals surface area contributed by atoms with Gasteiger partial charge in [-0.25, -0.2) is 8.42 Å². The number of sulfonamides is 1. The first kappa shape index (κ1) is 25.3. The highest BCUT2D eigenvalue weighted by molar-refractivity contribution is 7.92. The Morgan fingerprint density at radius 1 is 1.00 bits per heavy atom. The van der Waals surface area contributed by atoms with Crippen LogP contribution in [0.25, 0.3) is 0 Å². The maximum absolute atomic E-state index is 13.0. The molecule has 0 spiro atoms. The molecule has 3 aromatic carbocycles. The van der Waals surface area contributed by atoms with Crippen LogP contribution in [0.1, 0.15) is 64.8 Å². The molecule has 1 aliphatic carbocycles. The zero-order chi connectivity index (χ0) is 25.0. The van der Waals surface area contributed by atoms with Crippen LogP contribution in [0.4, 0.5) is 5.69 Å². The molecule has 0 bridgehead atoms. The quantitative estimate of drug-likeness (QED) is 0.400. The second kappa shape index (κ2) is 10.8. The first-order valence-corrected chi connectivity index (χ1v) is 14.2. The fourth-order valence-corrected chi connectivity index (χ4v) is 5.67. The summed E-state index contributed by atoms with van der Waals surface area (Å²) in [6, 6.07) is 20.3. The number of hydrogen-bond acceptors (Lipinski definition) is 3. The second-order valence-electron chi connectivity index (χ2n) is 9.08. The Kier molecular flexibility index (Phi) is 7.82. The van der Waals surface area contributed by atoms with Crippen LogP contribution in [0.15, 0.2) is 66.7 Å². The fourth-order valence-electron chi connectivity index (χ4n) is 4.59. The van der Waals surface area contributed by atoms with E-state index in [2.05, 4.69) is 30.4 Å². The molecule has 0 aliphatic heterocycles. The zero-order valence-corrected chi connectivity index (χ0v) is 21.7. The third kappa shape index (κ3) is 6.06. The van der Waals surface area contributed by atoms with Crippen LogP contribution in [0.3, 0.4) is 0 Å². The smallest absolute Gasteiger partial charge is 0.251 e. The number of anilines is 1. The molecule has 1 aliphatic rings. The van der Waals surface area contributed by atoms with Crippen LogP contribution in [-0.2, 0) is 29.4 Å². The molecule has 1 N–H and O–H groups in total. The molecular weight excluding hydrogens is 480 g/mol. The third-order valence-corrected chi connectivity index (χ3v) is 8.09. The van der Waals surface area contributed by atoms with Gasteiger partial charge in [0.05, 0.1) is 24.5 Å². The molecule has 0 saturated carbocycles. The van der Waals surface area contributed by atoms with Crippen molar-refractivity contribution in [2.45, 2.75) is 51.6 Å². The molecule has 0 saturated heterocycles. The van der Waals surface area contributed by atoms with E-state index in [-0.39, 0.29) is 18.5 Å². The molecular formula is C28H31ClN2O3S. The van der Waals surface area contributed by atoms with Crippen molar-refractivity contribution in [1.82, 2.24) is 5.32 Å². The van der Waals surface area contributed by atoms with Gasteiger partial charge in [-0.3, -0.25) is 9.10 Å². The largest absolute Gasteiger partial charge is 0.345 e. The molecule has 3 aromatic rings. The van der Waals surface area contributed by atoms with Gasteiger partial charge in [0, 0.05) is 10.6 Å². The van der Waals surface area contributed by atoms with Gasteiger partial charge >= 0.3 is 0 Å². The number of carbonyl (C=O) groups is 1. The number of amides is 1. The van der Waals surface area contributed by atoms with Crippen molar-refractivity contribution in [3.63, 3.8) is 0 Å². The highest BCUT2D eigenvalue weighted by atomic mass is 35.5. The summed E-state index contributed by atoms with van der Waals surface area (Å²) < 4.78 is 26.3. The highest BCUT2D eigenvalue weighted by Gasteiger charge is 2.21. The van der Waals surface area contributed by atoms with Gasteiger partial charge in [0.1, 0.15) is 0 Å². The number of benzene rings is 3. The molecule has 1 atom stereocenters. The number of aryl methyl sites for hydroxylation is 2. The van der Waals surface area contributed by atoms with Crippen LogP contribution in [0.2, 0.25) is 5.02 Å². The maximum Gasteiger partial charge on any atom is 0.251 e. The van der Waals surface area contributed by atoms with Gasteiger partial charge < -0.3 is 5.32 Å². The van der Waals surface area contributed by atoms with Crippen LogP contribution >= 0.6 is 11.6 Å². The van der Waals surface area contributed by atoms with E-state index in [0.717, 1.165) is 31.1 Å². The molecule has 7 heteroatoms. The number of carbonyl (C=O) groups excluding carboxylic acids is 1.